The smallest absolute Gasteiger partial charge is 0.409 e. The van der Waals surface area contributed by atoms with Gasteiger partial charge in [-0.25, -0.2) is 4.79 Å². The number of hydrogen-bond acceptors (Lipinski definition) is 3. The first kappa shape index (κ1) is 10.9. The molecule has 1 fully saturated rings. The minimum atomic E-state index is -0.258. The van der Waals surface area contributed by atoms with Gasteiger partial charge in [0.15, 0.2) is 0 Å². The third-order valence-corrected chi connectivity index (χ3v) is 1.90. The molecule has 14 heavy (non-hydrogen) atoms. The third-order valence-electron chi connectivity index (χ3n) is 1.90. The number of rotatable bonds is 2. The minimum absolute atomic E-state index is 0.258. The maximum atomic E-state index is 11.4. The summed E-state index contributed by atoms with van der Waals surface area (Å²) in [4.78, 5) is 13.0. The molecule has 0 aromatic rings. The second-order valence-electron chi connectivity index (χ2n) is 2.89. The molecular weight excluding hydrogens is 182 g/mol. The molecule has 4 nitrogen and oxygen atoms in total. The number of ether oxygens (including phenoxy) is 2. The molecule has 1 amide bonds. The quantitative estimate of drug-likeness (QED) is 0.487. The van der Waals surface area contributed by atoms with Crippen LogP contribution in [0.1, 0.15) is 13.3 Å². The summed E-state index contributed by atoms with van der Waals surface area (Å²) < 4.78 is 10.1. The van der Waals surface area contributed by atoms with E-state index in [9.17, 15) is 4.79 Å². The molecule has 0 spiro atoms. The highest BCUT2D eigenvalue weighted by Crippen LogP contribution is 1.99. The van der Waals surface area contributed by atoms with Crippen LogP contribution >= 0.6 is 0 Å². The fourth-order valence-electron chi connectivity index (χ4n) is 1.15. The molecule has 0 radical (unpaired) electrons. The van der Waals surface area contributed by atoms with Crippen LogP contribution in [-0.4, -0.2) is 43.9 Å². The first-order valence-electron chi connectivity index (χ1n) is 4.73. The van der Waals surface area contributed by atoms with Crippen LogP contribution in [-0.2, 0) is 9.47 Å². The molecule has 0 N–H and O–H groups in total. The van der Waals surface area contributed by atoms with Crippen LogP contribution in [0.3, 0.4) is 0 Å². The largest absolute Gasteiger partial charge is 0.448 e. The van der Waals surface area contributed by atoms with E-state index in [1.54, 1.807) is 11.8 Å². The Bertz CT molecular complexity index is 235. The van der Waals surface area contributed by atoms with Crippen molar-refractivity contribution in [3.63, 3.8) is 0 Å². The molecule has 0 aromatic carbocycles. The molecule has 1 heterocycles. The zero-order valence-electron chi connectivity index (χ0n) is 8.41. The highest BCUT2D eigenvalue weighted by Gasteiger charge is 2.17. The molecule has 0 aliphatic carbocycles. The molecule has 78 valence electrons. The average molecular weight is 197 g/mol. The molecule has 0 aromatic heterocycles. The summed E-state index contributed by atoms with van der Waals surface area (Å²) in [5.74, 6) is 5.58. The Morgan fingerprint density at radius 1 is 1.50 bits per heavy atom. The molecule has 0 atom stereocenters. The van der Waals surface area contributed by atoms with Crippen molar-refractivity contribution in [2.75, 3.05) is 32.9 Å². The summed E-state index contributed by atoms with van der Waals surface area (Å²) in [6.07, 6.45) is 0.346. The average Bonchev–Trinajstić information content (AvgIpc) is 2.25. The van der Waals surface area contributed by atoms with Crippen LogP contribution in [0.15, 0.2) is 0 Å². The minimum Gasteiger partial charge on any atom is -0.448 e. The van der Waals surface area contributed by atoms with Gasteiger partial charge in [-0.05, 0) is 6.92 Å². The van der Waals surface area contributed by atoms with E-state index in [1.807, 2.05) is 0 Å². The van der Waals surface area contributed by atoms with E-state index in [-0.39, 0.29) is 6.09 Å². The lowest BCUT2D eigenvalue weighted by molar-refractivity contribution is 0.0278. The van der Waals surface area contributed by atoms with Crippen LogP contribution in [0.4, 0.5) is 4.79 Å². The Kier molecular flexibility index (Phi) is 4.87. The molecule has 1 saturated heterocycles. The topological polar surface area (TPSA) is 38.8 Å². The molecule has 0 saturated carbocycles. The van der Waals surface area contributed by atoms with Gasteiger partial charge in [-0.15, -0.1) is 11.8 Å². The lowest BCUT2D eigenvalue weighted by Gasteiger charge is -2.25. The van der Waals surface area contributed by atoms with E-state index in [4.69, 9.17) is 9.47 Å². The normalized spacial score (nSPS) is 15.6. The van der Waals surface area contributed by atoms with Gasteiger partial charge >= 0.3 is 6.09 Å². The first-order chi connectivity index (χ1) is 6.84. The zero-order chi connectivity index (χ0) is 10.2. The van der Waals surface area contributed by atoms with Gasteiger partial charge in [-0.1, -0.05) is 0 Å². The summed E-state index contributed by atoms with van der Waals surface area (Å²) in [5.41, 5.74) is 0. The summed E-state index contributed by atoms with van der Waals surface area (Å²) in [5, 5.41) is 0. The SMILES string of the molecule is CC#CCCOC(=O)N1CCOCC1. The summed E-state index contributed by atoms with van der Waals surface area (Å²) in [6.45, 7) is 4.59. The lowest BCUT2D eigenvalue weighted by Crippen LogP contribution is -2.41. The van der Waals surface area contributed by atoms with E-state index in [0.29, 0.717) is 39.3 Å². The van der Waals surface area contributed by atoms with Gasteiger partial charge in [0.1, 0.15) is 6.61 Å². The fourth-order valence-corrected chi connectivity index (χ4v) is 1.15. The van der Waals surface area contributed by atoms with Crippen molar-refractivity contribution >= 4 is 6.09 Å². The van der Waals surface area contributed by atoms with Crippen molar-refractivity contribution in [1.82, 2.24) is 4.90 Å². The molecule has 0 unspecified atom stereocenters. The molecule has 4 heteroatoms. The van der Waals surface area contributed by atoms with E-state index in [0.717, 1.165) is 0 Å². The van der Waals surface area contributed by atoms with Gasteiger partial charge in [0.25, 0.3) is 0 Å². The Balaban J connectivity index is 2.15. The fraction of sp³-hybridized carbons (Fsp3) is 0.700. The zero-order valence-corrected chi connectivity index (χ0v) is 8.41. The second-order valence-corrected chi connectivity index (χ2v) is 2.89. The van der Waals surface area contributed by atoms with Gasteiger partial charge in [0, 0.05) is 19.5 Å². The number of morpholine rings is 1. The van der Waals surface area contributed by atoms with Crippen molar-refractivity contribution in [2.45, 2.75) is 13.3 Å². The van der Waals surface area contributed by atoms with E-state index < -0.39 is 0 Å². The molecular formula is C10H15NO3. The van der Waals surface area contributed by atoms with Gasteiger partial charge < -0.3 is 14.4 Å². The van der Waals surface area contributed by atoms with Crippen molar-refractivity contribution in [3.05, 3.63) is 0 Å². The van der Waals surface area contributed by atoms with Gasteiger partial charge in [-0.2, -0.15) is 0 Å². The van der Waals surface area contributed by atoms with Gasteiger partial charge in [0.2, 0.25) is 0 Å². The highest BCUT2D eigenvalue weighted by atomic mass is 16.6. The predicted octanol–water partition coefficient (Wildman–Crippen LogP) is 0.869. The lowest BCUT2D eigenvalue weighted by atomic mass is 10.4. The highest BCUT2D eigenvalue weighted by molar-refractivity contribution is 5.67. The number of nitrogens with zero attached hydrogens (tertiary/aromatic N) is 1. The van der Waals surface area contributed by atoms with Crippen LogP contribution in [0.25, 0.3) is 0 Å². The van der Waals surface area contributed by atoms with E-state index in [1.165, 1.54) is 0 Å². The van der Waals surface area contributed by atoms with Crippen LogP contribution < -0.4 is 0 Å². The number of carbonyl (C=O) groups is 1. The summed E-state index contributed by atoms with van der Waals surface area (Å²) in [7, 11) is 0. The third kappa shape index (κ3) is 3.67. The molecule has 0 bridgehead atoms. The first-order valence-corrected chi connectivity index (χ1v) is 4.73. The number of hydrogen-bond donors (Lipinski definition) is 0. The van der Waals surface area contributed by atoms with Crippen molar-refractivity contribution < 1.29 is 14.3 Å². The van der Waals surface area contributed by atoms with Crippen molar-refractivity contribution in [3.8, 4) is 11.8 Å². The number of amides is 1. The van der Waals surface area contributed by atoms with Crippen LogP contribution in [0, 0.1) is 11.8 Å². The maximum absolute atomic E-state index is 11.4. The predicted molar refractivity (Wildman–Crippen MR) is 51.8 cm³/mol. The molecule has 1 aliphatic heterocycles. The Morgan fingerprint density at radius 3 is 2.86 bits per heavy atom. The van der Waals surface area contributed by atoms with Gasteiger partial charge in [0.05, 0.1) is 13.2 Å². The standard InChI is InChI=1S/C10H15NO3/c1-2-3-4-7-14-10(12)11-5-8-13-9-6-11/h4-9H2,1H3. The summed E-state index contributed by atoms with van der Waals surface area (Å²) >= 11 is 0. The maximum Gasteiger partial charge on any atom is 0.409 e. The Hall–Kier alpha value is -1.21. The molecule has 1 aliphatic rings. The Labute approximate surface area is 84.2 Å². The summed E-state index contributed by atoms with van der Waals surface area (Å²) in [6, 6.07) is 0. The van der Waals surface area contributed by atoms with Crippen LogP contribution in [0.2, 0.25) is 0 Å². The van der Waals surface area contributed by atoms with Crippen LogP contribution in [0.5, 0.6) is 0 Å². The monoisotopic (exact) mass is 197 g/mol. The molecule has 1 rings (SSSR count). The van der Waals surface area contributed by atoms with Gasteiger partial charge in [-0.3, -0.25) is 0 Å². The number of carbonyl (C=O) groups excluding carboxylic acids is 1. The van der Waals surface area contributed by atoms with Crippen molar-refractivity contribution in [2.24, 2.45) is 0 Å². The van der Waals surface area contributed by atoms with E-state index in [2.05, 4.69) is 11.8 Å². The second kappa shape index (κ2) is 6.28. The van der Waals surface area contributed by atoms with E-state index >= 15 is 0 Å². The van der Waals surface area contributed by atoms with Crippen molar-refractivity contribution in [1.29, 1.82) is 0 Å². The Morgan fingerprint density at radius 2 is 2.21 bits per heavy atom.